The monoisotopic (exact) mass is 434 g/mol. The van der Waals surface area contributed by atoms with Gasteiger partial charge in [-0.25, -0.2) is 4.98 Å². The van der Waals surface area contributed by atoms with E-state index in [9.17, 15) is 10.5 Å². The Morgan fingerprint density at radius 2 is 1.94 bits per heavy atom. The Morgan fingerprint density at radius 1 is 1.16 bits per heavy atom. The molecule has 0 saturated carbocycles. The Morgan fingerprint density at radius 3 is 2.58 bits per heavy atom. The van der Waals surface area contributed by atoms with Crippen molar-refractivity contribution in [3.63, 3.8) is 0 Å². The van der Waals surface area contributed by atoms with E-state index >= 15 is 0 Å². The Kier molecular flexibility index (Phi) is 6.13. The maximum absolute atomic E-state index is 9.91. The second-order valence-electron chi connectivity index (χ2n) is 6.52. The first kappa shape index (κ1) is 18.2. The van der Waals surface area contributed by atoms with Crippen LogP contribution in [0.15, 0.2) is 53.7 Å². The summed E-state index contributed by atoms with van der Waals surface area (Å²) in [5, 5.41) is 20.0. The van der Waals surface area contributed by atoms with Crippen LogP contribution in [0.1, 0.15) is 27.9 Å². The minimum Gasteiger partial charge on any atom is -0.491 e. The van der Waals surface area contributed by atoms with Crippen molar-refractivity contribution >= 4 is 17.6 Å². The molecule has 0 bridgehead atoms. The van der Waals surface area contributed by atoms with Gasteiger partial charge in [0.25, 0.3) is 0 Å². The van der Waals surface area contributed by atoms with Crippen LogP contribution >= 0.6 is 11.8 Å². The molecule has 0 aliphatic carbocycles. The Labute approximate surface area is 189 Å². The van der Waals surface area contributed by atoms with Crippen molar-refractivity contribution in [1.29, 1.82) is 10.5 Å². The summed E-state index contributed by atoms with van der Waals surface area (Å²) in [7, 11) is -2.50. The number of benzene rings is 1. The molecule has 2 aromatic heterocycles. The van der Waals surface area contributed by atoms with E-state index in [1.54, 1.807) is 37.4 Å². The first-order valence-corrected chi connectivity index (χ1v) is 10.3. The van der Waals surface area contributed by atoms with Gasteiger partial charge in [0.05, 0.1) is 21.5 Å². The number of nitrogens with zero attached hydrogens (tertiary/aromatic N) is 4. The summed E-state index contributed by atoms with van der Waals surface area (Å²) in [6.45, 7) is 1.64. The molecule has 7 nitrogen and oxygen atoms in total. The molecule has 0 amide bonds. The first-order valence-electron chi connectivity index (χ1n) is 10.8. The highest BCUT2D eigenvalue weighted by Crippen LogP contribution is 2.37. The molecule has 2 heterocycles. The molecule has 0 aliphatic heterocycles. The van der Waals surface area contributed by atoms with E-state index in [2.05, 4.69) is 22.1 Å². The predicted molar refractivity (Wildman–Crippen MR) is 119 cm³/mol. The molecule has 156 valence electrons. The number of hydrogen-bond acceptors (Lipinski definition) is 8. The molecule has 31 heavy (non-hydrogen) atoms. The number of ether oxygens (including phenoxy) is 2. The number of thioether (sulfide) groups is 1. The number of rotatable bonds is 8. The Hall–Kier alpha value is -3.59. The summed E-state index contributed by atoms with van der Waals surface area (Å²) >= 11 is 1.32. The summed E-state index contributed by atoms with van der Waals surface area (Å²) in [6.07, 6.45) is 1.05. The largest absolute Gasteiger partial charge is 0.491 e. The van der Waals surface area contributed by atoms with Crippen LogP contribution in [-0.2, 0) is 10.5 Å². The number of nitriles is 2. The third kappa shape index (κ3) is 5.32. The normalized spacial score (nSPS) is 13.2. The molecule has 1 atom stereocenters. The van der Waals surface area contributed by atoms with Crippen LogP contribution in [0, 0.1) is 22.7 Å². The third-order valence-electron chi connectivity index (χ3n) is 4.33. The van der Waals surface area contributed by atoms with Gasteiger partial charge in [-0.1, -0.05) is 30.0 Å². The average molecular weight is 435 g/mol. The van der Waals surface area contributed by atoms with Crippen molar-refractivity contribution in [3.05, 3.63) is 65.5 Å². The van der Waals surface area contributed by atoms with E-state index in [0.717, 1.165) is 5.69 Å². The molecular weight excluding hydrogens is 410 g/mol. The number of hydrogen-bond donors (Lipinski definition) is 1. The highest BCUT2D eigenvalue weighted by atomic mass is 32.2. The molecule has 0 saturated heterocycles. The number of nitrogen functional groups attached to an aromatic ring is 1. The van der Waals surface area contributed by atoms with Gasteiger partial charge < -0.3 is 15.2 Å². The lowest BCUT2D eigenvalue weighted by Crippen LogP contribution is -2.15. The zero-order chi connectivity index (χ0) is 24.7. The van der Waals surface area contributed by atoms with Crippen LogP contribution in [0.2, 0.25) is 0 Å². The fraction of sp³-hybridized carbons (Fsp3) is 0.217. The van der Waals surface area contributed by atoms with Gasteiger partial charge >= 0.3 is 0 Å². The Bertz CT molecular complexity index is 1220. The predicted octanol–water partition coefficient (Wildman–Crippen LogP) is 4.18. The van der Waals surface area contributed by atoms with Crippen molar-refractivity contribution in [3.8, 4) is 29.0 Å². The lowest BCUT2D eigenvalue weighted by molar-refractivity contribution is 0.0717. The van der Waals surface area contributed by atoms with E-state index in [4.69, 9.17) is 19.3 Å². The maximum Gasteiger partial charge on any atom is 0.143 e. The van der Waals surface area contributed by atoms with Gasteiger partial charge in [0.1, 0.15) is 40.9 Å². The molecule has 0 fully saturated rings. The fourth-order valence-corrected chi connectivity index (χ4v) is 3.69. The molecule has 3 aromatic rings. The van der Waals surface area contributed by atoms with E-state index in [-0.39, 0.29) is 23.6 Å². The minimum atomic E-state index is -2.50. The average Bonchev–Trinajstić information content (AvgIpc) is 2.81. The van der Waals surface area contributed by atoms with Crippen molar-refractivity contribution < 1.29 is 13.6 Å². The summed E-state index contributed by atoms with van der Waals surface area (Å²) in [5.41, 5.74) is 8.25. The second-order valence-corrected chi connectivity index (χ2v) is 7.49. The Balaban J connectivity index is 1.87. The number of pyridine rings is 2. The molecule has 1 aromatic carbocycles. The fourth-order valence-electron chi connectivity index (χ4n) is 2.78. The SMILES string of the molecule is [2H]C([2H])([2H])O[C@H](C)COc1ccc(-c2c(C#N)c(N)nc(SCc3ccccn3)c2C#N)cc1. The molecular formula is C23H21N5O2S. The van der Waals surface area contributed by atoms with Crippen LogP contribution in [0.3, 0.4) is 0 Å². The van der Waals surface area contributed by atoms with Crippen LogP contribution < -0.4 is 10.5 Å². The van der Waals surface area contributed by atoms with Crippen LogP contribution in [0.4, 0.5) is 5.82 Å². The molecule has 0 unspecified atom stereocenters. The van der Waals surface area contributed by atoms with Gasteiger partial charge in [-0.3, -0.25) is 4.98 Å². The zero-order valence-electron chi connectivity index (χ0n) is 19.7. The van der Waals surface area contributed by atoms with Gasteiger partial charge in [-0.15, -0.1) is 0 Å². The first-order chi connectivity index (χ1) is 16.2. The van der Waals surface area contributed by atoms with E-state index in [1.807, 2.05) is 18.2 Å². The number of anilines is 1. The molecule has 0 radical (unpaired) electrons. The number of nitrogens with two attached hydrogens (primary N) is 1. The van der Waals surface area contributed by atoms with Gasteiger partial charge in [0.15, 0.2) is 0 Å². The van der Waals surface area contributed by atoms with Crippen molar-refractivity contribution in [1.82, 2.24) is 9.97 Å². The zero-order valence-corrected chi connectivity index (χ0v) is 17.5. The van der Waals surface area contributed by atoms with Gasteiger partial charge in [-0.2, -0.15) is 10.5 Å². The smallest absolute Gasteiger partial charge is 0.143 e. The second kappa shape index (κ2) is 10.4. The van der Waals surface area contributed by atoms with Crippen molar-refractivity contribution in [2.75, 3.05) is 19.4 Å². The quantitative estimate of drug-likeness (QED) is 0.525. The van der Waals surface area contributed by atoms with E-state index < -0.39 is 13.1 Å². The molecule has 0 aliphatic rings. The van der Waals surface area contributed by atoms with Gasteiger partial charge in [0, 0.05) is 24.6 Å². The molecule has 3 rings (SSSR count). The standard InChI is InChI=1S/C23H21N5O2S/c1-15(29-2)13-30-18-8-6-16(7-9-18)21-19(11-24)22(26)28-23(20(21)12-25)31-14-17-5-3-4-10-27-17/h3-10,15H,13-14H2,1-2H3,(H2,26,28)/t15-/m1/s1/i2D3. The van der Waals surface area contributed by atoms with Crippen LogP contribution in [-0.4, -0.2) is 29.7 Å². The molecule has 0 spiro atoms. The lowest BCUT2D eigenvalue weighted by atomic mass is 9.97. The number of methoxy groups -OCH3 is 1. The molecule has 2 N–H and O–H groups in total. The van der Waals surface area contributed by atoms with Crippen molar-refractivity contribution in [2.24, 2.45) is 0 Å². The number of aromatic nitrogens is 2. The van der Waals surface area contributed by atoms with Crippen molar-refractivity contribution in [2.45, 2.75) is 23.8 Å². The topological polar surface area (TPSA) is 118 Å². The summed E-state index contributed by atoms with van der Waals surface area (Å²) in [5.74, 6) is 1.00. The van der Waals surface area contributed by atoms with Gasteiger partial charge in [-0.05, 0) is 36.8 Å². The molecule has 8 heteroatoms. The lowest BCUT2D eigenvalue weighted by Gasteiger charge is -2.14. The highest BCUT2D eigenvalue weighted by molar-refractivity contribution is 7.98. The third-order valence-corrected chi connectivity index (χ3v) is 5.34. The summed E-state index contributed by atoms with van der Waals surface area (Å²) in [6, 6.07) is 16.5. The minimum absolute atomic E-state index is 0.0380. The van der Waals surface area contributed by atoms with E-state index in [1.165, 1.54) is 11.8 Å². The maximum atomic E-state index is 9.91. The van der Waals surface area contributed by atoms with Gasteiger partial charge in [0.2, 0.25) is 0 Å². The summed E-state index contributed by atoms with van der Waals surface area (Å²) < 4.78 is 31.9. The van der Waals surface area contributed by atoms with Crippen LogP contribution in [0.5, 0.6) is 5.75 Å². The summed E-state index contributed by atoms with van der Waals surface area (Å²) in [4.78, 5) is 8.57. The highest BCUT2D eigenvalue weighted by Gasteiger charge is 2.20. The van der Waals surface area contributed by atoms with Crippen LogP contribution in [0.25, 0.3) is 11.1 Å². The van der Waals surface area contributed by atoms with E-state index in [0.29, 0.717) is 27.7 Å².